The van der Waals surface area contributed by atoms with E-state index >= 15 is 0 Å². The molecule has 342 valence electrons. The normalized spacial score (nSPS) is 17.1. The van der Waals surface area contributed by atoms with Crippen LogP contribution < -0.4 is 14.2 Å². The zero-order valence-corrected chi connectivity index (χ0v) is 37.9. The third-order valence-electron chi connectivity index (χ3n) is 11.0. The fraction of sp³-hybridized carbons (Fsp3) is 0.550. The number of unbranched alkanes of at least 4 members (excludes halogenated alkanes) is 2. The van der Waals surface area contributed by atoms with Gasteiger partial charge in [0, 0.05) is 30.9 Å². The van der Waals surface area contributed by atoms with Crippen molar-refractivity contribution in [3.8, 4) is 17.2 Å². The van der Waals surface area contributed by atoms with Gasteiger partial charge in [0.15, 0.2) is 19.8 Å². The van der Waals surface area contributed by atoms with Gasteiger partial charge in [-0.15, -0.1) is 0 Å². The summed E-state index contributed by atoms with van der Waals surface area (Å²) in [4.78, 5) is 52.6. The monoisotopic (exact) mass is 914 g/mol. The molecule has 0 saturated carbocycles. The molecule has 62 heavy (non-hydrogen) atoms. The second-order valence-electron chi connectivity index (χ2n) is 16.6. The van der Waals surface area contributed by atoms with Gasteiger partial charge < -0.3 is 32.6 Å². The number of halogens is 3. The first-order valence-electron chi connectivity index (χ1n) is 19.8. The van der Waals surface area contributed by atoms with Crippen LogP contribution >= 0.6 is 0 Å². The predicted octanol–water partition coefficient (Wildman–Crippen LogP) is 8.92. The van der Waals surface area contributed by atoms with E-state index in [2.05, 4.69) is 4.18 Å². The summed E-state index contributed by atoms with van der Waals surface area (Å²) >= 11 is 0. The Morgan fingerprint density at radius 2 is 1.35 bits per heavy atom. The van der Waals surface area contributed by atoms with Crippen LogP contribution in [0, 0.1) is 27.2 Å². The number of nitro groups is 2. The highest BCUT2D eigenvalue weighted by Crippen LogP contribution is 2.40. The molecule has 2 heterocycles. The molecule has 0 saturated heterocycles. The standard InChI is InChI=1S/C40H53F3N4O13SSi/c1-10-27-16-25(2)22-44(27)38(49)31-19-35(56-7)36(21-33(31)47(52)53)58-15-13-11-12-14-57-34-20-32(46(50)51)30(17-26(34)3)37(48)45-23-29(60-61(54,55)40(41,42)43)18-28(45)24-59-62(8,9)39(4,5)6/h17,19-23,27-28H,10-16,18,24H2,1-9H3/t27-,28+/m1/s1. The number of carbonyl (C=O) groups is 2. The Bertz CT molecular complexity index is 2230. The molecule has 0 fully saturated rings. The Balaban J connectivity index is 1.43. The van der Waals surface area contributed by atoms with Gasteiger partial charge in [0.1, 0.15) is 22.6 Å². The molecule has 0 aromatic heterocycles. The van der Waals surface area contributed by atoms with Gasteiger partial charge in [-0.25, -0.2) is 0 Å². The maximum absolute atomic E-state index is 14.0. The van der Waals surface area contributed by atoms with E-state index in [-0.39, 0.29) is 53.7 Å². The van der Waals surface area contributed by atoms with E-state index in [1.165, 1.54) is 30.2 Å². The van der Waals surface area contributed by atoms with Gasteiger partial charge in [0.05, 0.1) is 55.0 Å². The number of ether oxygens (including phenoxy) is 3. The molecule has 0 N–H and O–H groups in total. The summed E-state index contributed by atoms with van der Waals surface area (Å²) in [6, 6.07) is 3.59. The number of nitrogens with zero attached hydrogens (tertiary/aromatic N) is 4. The van der Waals surface area contributed by atoms with Crippen LogP contribution in [0.4, 0.5) is 24.5 Å². The molecule has 0 radical (unpaired) electrons. The van der Waals surface area contributed by atoms with E-state index < -0.39 is 80.8 Å². The summed E-state index contributed by atoms with van der Waals surface area (Å²) in [5, 5.41) is 24.0. The van der Waals surface area contributed by atoms with Gasteiger partial charge in [-0.1, -0.05) is 33.3 Å². The lowest BCUT2D eigenvalue weighted by atomic mass is 10.1. The number of aryl methyl sites for hydroxylation is 1. The van der Waals surface area contributed by atoms with Crippen LogP contribution in [-0.4, -0.2) is 92.7 Å². The van der Waals surface area contributed by atoms with Gasteiger partial charge >= 0.3 is 15.6 Å². The zero-order valence-electron chi connectivity index (χ0n) is 36.1. The number of rotatable bonds is 19. The smallest absolute Gasteiger partial charge is 0.493 e. The third kappa shape index (κ3) is 11.4. The number of amides is 2. The average Bonchev–Trinajstić information content (AvgIpc) is 3.77. The lowest BCUT2D eigenvalue weighted by Crippen LogP contribution is -2.45. The van der Waals surface area contributed by atoms with E-state index in [0.29, 0.717) is 37.7 Å². The quantitative estimate of drug-likeness (QED) is 0.0323. The van der Waals surface area contributed by atoms with Crippen molar-refractivity contribution in [2.45, 2.75) is 116 Å². The predicted molar refractivity (Wildman–Crippen MR) is 223 cm³/mol. The van der Waals surface area contributed by atoms with Crippen LogP contribution in [-0.2, 0) is 18.7 Å². The van der Waals surface area contributed by atoms with Crippen molar-refractivity contribution in [3.05, 3.63) is 84.9 Å². The molecule has 22 heteroatoms. The maximum atomic E-state index is 14.0. The van der Waals surface area contributed by atoms with E-state index in [1.807, 2.05) is 47.7 Å². The lowest BCUT2D eigenvalue weighted by molar-refractivity contribution is -0.385. The summed E-state index contributed by atoms with van der Waals surface area (Å²) in [7, 11) is -7.21. The maximum Gasteiger partial charge on any atom is 0.534 e. The average molecular weight is 915 g/mol. The first kappa shape index (κ1) is 49.4. The molecule has 4 rings (SSSR count). The van der Waals surface area contributed by atoms with Crippen LogP contribution in [0.5, 0.6) is 17.2 Å². The van der Waals surface area contributed by atoms with E-state index in [1.54, 1.807) is 13.1 Å². The van der Waals surface area contributed by atoms with Crippen LogP contribution in [0.3, 0.4) is 0 Å². The molecular weight excluding hydrogens is 862 g/mol. The van der Waals surface area contributed by atoms with Crippen LogP contribution in [0.1, 0.15) is 99.4 Å². The Hall–Kier alpha value is -5.22. The van der Waals surface area contributed by atoms with Gasteiger partial charge in [0.25, 0.3) is 23.2 Å². The molecular formula is C40H53F3N4O13SSi. The van der Waals surface area contributed by atoms with Crippen LogP contribution in [0.15, 0.2) is 48.0 Å². The first-order valence-corrected chi connectivity index (χ1v) is 24.1. The number of nitro benzene ring substituents is 2. The SMILES string of the molecule is CC[C@@H]1CC(C)=CN1C(=O)c1cc(OC)c(OCCCCCOc2cc([N+](=O)[O-])c(C(=O)N3C=C(OS(=O)(=O)C(F)(F)F)C[C@H]3CO[Si](C)(C)C(C)(C)C)cc2C)cc1[N+](=O)[O-]. The Morgan fingerprint density at radius 3 is 1.87 bits per heavy atom. The van der Waals surface area contributed by atoms with Gasteiger partial charge in [-0.05, 0) is 75.7 Å². The molecule has 0 bridgehead atoms. The number of alkyl halides is 3. The number of carbonyl (C=O) groups excluding carboxylic acids is 2. The molecule has 0 unspecified atom stereocenters. The molecule has 17 nitrogen and oxygen atoms in total. The van der Waals surface area contributed by atoms with Gasteiger partial charge in [0.2, 0.25) is 0 Å². The molecule has 2 aliphatic heterocycles. The Morgan fingerprint density at radius 1 is 0.823 bits per heavy atom. The van der Waals surface area contributed by atoms with Crippen LogP contribution in [0.2, 0.25) is 18.1 Å². The lowest BCUT2D eigenvalue weighted by Gasteiger charge is -2.37. The van der Waals surface area contributed by atoms with Crippen molar-refractivity contribution in [1.82, 2.24) is 9.80 Å². The van der Waals surface area contributed by atoms with Crippen molar-refractivity contribution in [2.24, 2.45) is 0 Å². The first-order chi connectivity index (χ1) is 28.7. The van der Waals surface area contributed by atoms with Crippen LogP contribution in [0.25, 0.3) is 0 Å². The topological polar surface area (TPSA) is 207 Å². The zero-order chi connectivity index (χ0) is 46.5. The number of hydrogen-bond donors (Lipinski definition) is 0. The van der Waals surface area contributed by atoms with E-state index in [4.69, 9.17) is 18.6 Å². The minimum Gasteiger partial charge on any atom is -0.493 e. The molecule has 0 aliphatic carbocycles. The Labute approximate surface area is 359 Å². The highest BCUT2D eigenvalue weighted by molar-refractivity contribution is 7.87. The minimum absolute atomic E-state index is 0.0821. The molecule has 2 aromatic carbocycles. The molecule has 2 atom stereocenters. The van der Waals surface area contributed by atoms with Crippen molar-refractivity contribution >= 4 is 41.6 Å². The minimum atomic E-state index is -6.08. The van der Waals surface area contributed by atoms with Crippen molar-refractivity contribution < 1.29 is 63.8 Å². The summed E-state index contributed by atoms with van der Waals surface area (Å²) in [6.07, 6.45) is 4.82. The largest absolute Gasteiger partial charge is 0.534 e. The van der Waals surface area contributed by atoms with Crippen molar-refractivity contribution in [3.63, 3.8) is 0 Å². The molecule has 0 spiro atoms. The second-order valence-corrected chi connectivity index (χ2v) is 22.9. The summed E-state index contributed by atoms with van der Waals surface area (Å²) in [5.74, 6) is -1.88. The van der Waals surface area contributed by atoms with Crippen molar-refractivity contribution in [1.29, 1.82) is 0 Å². The number of hydrogen-bond acceptors (Lipinski definition) is 13. The number of benzene rings is 2. The van der Waals surface area contributed by atoms with E-state index in [0.717, 1.165) is 22.7 Å². The highest BCUT2D eigenvalue weighted by atomic mass is 32.2. The van der Waals surface area contributed by atoms with Gasteiger partial charge in [-0.2, -0.15) is 21.6 Å². The third-order valence-corrected chi connectivity index (χ3v) is 16.5. The van der Waals surface area contributed by atoms with Crippen molar-refractivity contribution in [2.75, 3.05) is 26.9 Å². The highest BCUT2D eigenvalue weighted by Gasteiger charge is 2.50. The second kappa shape index (κ2) is 19.4. The molecule has 2 amide bonds. The fourth-order valence-electron chi connectivity index (χ4n) is 6.53. The summed E-state index contributed by atoms with van der Waals surface area (Å²) in [6.45, 7) is 15.0. The van der Waals surface area contributed by atoms with E-state index in [9.17, 15) is 51.4 Å². The fourth-order valence-corrected chi connectivity index (χ4v) is 8.06. The Kier molecular flexibility index (Phi) is 15.5. The number of methoxy groups -OCH3 is 1. The summed E-state index contributed by atoms with van der Waals surface area (Å²) < 4.78 is 90.9. The molecule has 2 aromatic rings. The summed E-state index contributed by atoms with van der Waals surface area (Å²) in [5.41, 5.74) is -6.06. The molecule has 2 aliphatic rings. The van der Waals surface area contributed by atoms with Gasteiger partial charge in [-0.3, -0.25) is 29.8 Å².